The maximum Gasteiger partial charge on any atom is 0.273 e. The third-order valence-electron chi connectivity index (χ3n) is 2.70. The molecule has 0 radical (unpaired) electrons. The van der Waals surface area contributed by atoms with Gasteiger partial charge in [-0.1, -0.05) is 29.9 Å². The van der Waals surface area contributed by atoms with Gasteiger partial charge in [-0.2, -0.15) is 5.10 Å². The molecular formula is C13H13ClN4OS. The van der Waals surface area contributed by atoms with Crippen molar-refractivity contribution in [3.63, 3.8) is 0 Å². The number of carbonyl (C=O) groups is 1. The zero-order valence-corrected chi connectivity index (χ0v) is 12.6. The van der Waals surface area contributed by atoms with E-state index in [4.69, 9.17) is 29.6 Å². The second-order valence-electron chi connectivity index (χ2n) is 4.34. The predicted octanol–water partition coefficient (Wildman–Crippen LogP) is 1.86. The van der Waals surface area contributed by atoms with E-state index in [1.54, 1.807) is 44.6 Å². The molecule has 0 saturated heterocycles. The number of hydrogen-bond donors (Lipinski definition) is 1. The van der Waals surface area contributed by atoms with E-state index < -0.39 is 0 Å². The third-order valence-corrected chi connectivity index (χ3v) is 3.22. The monoisotopic (exact) mass is 308 g/mol. The molecule has 2 aromatic rings. The molecule has 2 N–H and O–H groups in total. The van der Waals surface area contributed by atoms with Gasteiger partial charge in [0.25, 0.3) is 5.91 Å². The van der Waals surface area contributed by atoms with Crippen molar-refractivity contribution in [2.75, 3.05) is 14.1 Å². The number of rotatable bonds is 3. The van der Waals surface area contributed by atoms with E-state index in [2.05, 4.69) is 5.10 Å². The van der Waals surface area contributed by atoms with E-state index >= 15 is 0 Å². The van der Waals surface area contributed by atoms with Crippen LogP contribution >= 0.6 is 23.8 Å². The molecule has 0 atom stereocenters. The van der Waals surface area contributed by atoms with Crippen LogP contribution in [0.25, 0.3) is 5.69 Å². The number of nitrogens with zero attached hydrogens (tertiary/aromatic N) is 3. The number of amides is 1. The minimum absolute atomic E-state index is 0.178. The Kier molecular flexibility index (Phi) is 4.06. The molecule has 0 aliphatic heterocycles. The molecule has 1 amide bonds. The largest absolute Gasteiger partial charge is 0.389 e. The molecule has 0 aliphatic rings. The maximum atomic E-state index is 11.8. The molecule has 1 aromatic heterocycles. The Morgan fingerprint density at radius 3 is 2.70 bits per heavy atom. The summed E-state index contributed by atoms with van der Waals surface area (Å²) in [7, 11) is 3.34. The Bertz CT molecular complexity index is 681. The smallest absolute Gasteiger partial charge is 0.273 e. The van der Waals surface area contributed by atoms with Crippen molar-refractivity contribution in [1.29, 1.82) is 0 Å². The molecule has 0 aliphatic carbocycles. The van der Waals surface area contributed by atoms with Crippen molar-refractivity contribution in [3.8, 4) is 5.69 Å². The Hall–Kier alpha value is -1.92. The zero-order valence-electron chi connectivity index (χ0n) is 11.0. The lowest BCUT2D eigenvalue weighted by Gasteiger charge is -2.10. The second-order valence-corrected chi connectivity index (χ2v) is 5.19. The summed E-state index contributed by atoms with van der Waals surface area (Å²) in [5, 5.41) is 4.69. The molecule has 2 rings (SSSR count). The number of carbonyl (C=O) groups excluding carboxylic acids is 1. The summed E-state index contributed by atoms with van der Waals surface area (Å²) < 4.78 is 1.54. The first-order valence-electron chi connectivity index (χ1n) is 5.78. The van der Waals surface area contributed by atoms with Crippen LogP contribution in [0.1, 0.15) is 16.1 Å². The maximum absolute atomic E-state index is 11.8. The first kappa shape index (κ1) is 14.5. The van der Waals surface area contributed by atoms with Gasteiger partial charge in [0, 0.05) is 20.3 Å². The fourth-order valence-electron chi connectivity index (χ4n) is 1.75. The quantitative estimate of drug-likeness (QED) is 0.879. The van der Waals surface area contributed by atoms with E-state index in [0.717, 1.165) is 0 Å². The van der Waals surface area contributed by atoms with Crippen LogP contribution in [0.15, 0.2) is 30.5 Å². The van der Waals surface area contributed by atoms with Crippen LogP contribution in [-0.4, -0.2) is 39.7 Å². The second kappa shape index (κ2) is 5.60. The molecule has 104 valence electrons. The predicted molar refractivity (Wildman–Crippen MR) is 82.5 cm³/mol. The number of thiocarbonyl (C=S) groups is 1. The first-order chi connectivity index (χ1) is 9.41. The molecule has 0 fully saturated rings. The average Bonchev–Trinajstić information content (AvgIpc) is 2.86. The standard InChI is InChI=1S/C13H13ClN4OS/c1-17(2)13(19)9-6-7-18(16-9)10-5-3-4-8(14)11(10)12(15)20/h3-7H,1-2H3,(H2,15,20). The molecule has 1 heterocycles. The van der Waals surface area contributed by atoms with E-state index in [1.807, 2.05) is 0 Å². The van der Waals surface area contributed by atoms with Crippen LogP contribution in [0.5, 0.6) is 0 Å². The van der Waals surface area contributed by atoms with Crippen molar-refractivity contribution >= 4 is 34.7 Å². The molecule has 20 heavy (non-hydrogen) atoms. The van der Waals surface area contributed by atoms with Crippen LogP contribution in [-0.2, 0) is 0 Å². The Balaban J connectivity index is 2.51. The summed E-state index contributed by atoms with van der Waals surface area (Å²) in [6, 6.07) is 6.90. The van der Waals surface area contributed by atoms with Crippen molar-refractivity contribution in [1.82, 2.24) is 14.7 Å². The molecule has 5 nitrogen and oxygen atoms in total. The highest BCUT2D eigenvalue weighted by Gasteiger charge is 2.15. The van der Waals surface area contributed by atoms with Gasteiger partial charge in [0.1, 0.15) is 4.99 Å². The van der Waals surface area contributed by atoms with Gasteiger partial charge in [0.05, 0.1) is 16.3 Å². The first-order valence-corrected chi connectivity index (χ1v) is 6.56. The Morgan fingerprint density at radius 2 is 2.10 bits per heavy atom. The van der Waals surface area contributed by atoms with Gasteiger partial charge in [0.2, 0.25) is 0 Å². The normalized spacial score (nSPS) is 10.3. The van der Waals surface area contributed by atoms with Gasteiger partial charge in [0.15, 0.2) is 5.69 Å². The fourth-order valence-corrected chi connectivity index (χ4v) is 2.29. The van der Waals surface area contributed by atoms with Crippen LogP contribution in [0.4, 0.5) is 0 Å². The lowest BCUT2D eigenvalue weighted by Crippen LogP contribution is -2.22. The molecule has 7 heteroatoms. The highest BCUT2D eigenvalue weighted by atomic mass is 35.5. The Morgan fingerprint density at radius 1 is 1.40 bits per heavy atom. The van der Waals surface area contributed by atoms with Gasteiger partial charge in [-0.15, -0.1) is 0 Å². The highest BCUT2D eigenvalue weighted by molar-refractivity contribution is 7.80. The number of halogens is 1. The van der Waals surface area contributed by atoms with Gasteiger partial charge in [-0.3, -0.25) is 4.79 Å². The summed E-state index contributed by atoms with van der Waals surface area (Å²) in [5.41, 5.74) is 7.21. The van der Waals surface area contributed by atoms with Gasteiger partial charge >= 0.3 is 0 Å². The number of nitrogens with two attached hydrogens (primary N) is 1. The Labute approximate surface area is 126 Å². The summed E-state index contributed by atoms with van der Waals surface area (Å²) in [5.74, 6) is -0.178. The van der Waals surface area contributed by atoms with Crippen molar-refractivity contribution in [2.24, 2.45) is 5.73 Å². The number of aromatic nitrogens is 2. The van der Waals surface area contributed by atoms with Crippen molar-refractivity contribution in [3.05, 3.63) is 46.7 Å². The third kappa shape index (κ3) is 2.66. The summed E-state index contributed by atoms with van der Waals surface area (Å²) >= 11 is 11.1. The minimum Gasteiger partial charge on any atom is -0.389 e. The van der Waals surface area contributed by atoms with Gasteiger partial charge in [-0.05, 0) is 18.2 Å². The summed E-state index contributed by atoms with van der Waals surface area (Å²) in [6.45, 7) is 0. The van der Waals surface area contributed by atoms with Crippen LogP contribution in [0.2, 0.25) is 5.02 Å². The lowest BCUT2D eigenvalue weighted by molar-refractivity contribution is 0.0821. The zero-order chi connectivity index (χ0) is 14.9. The van der Waals surface area contributed by atoms with E-state index in [1.165, 1.54) is 9.58 Å². The molecular weight excluding hydrogens is 296 g/mol. The molecule has 0 bridgehead atoms. The van der Waals surface area contributed by atoms with Crippen molar-refractivity contribution < 1.29 is 4.79 Å². The summed E-state index contributed by atoms with van der Waals surface area (Å²) in [6.07, 6.45) is 1.67. The van der Waals surface area contributed by atoms with Gasteiger partial charge in [-0.25, -0.2) is 4.68 Å². The molecule has 0 saturated carbocycles. The SMILES string of the molecule is CN(C)C(=O)c1ccn(-c2cccc(Cl)c2C(N)=S)n1. The van der Waals surface area contributed by atoms with Crippen molar-refractivity contribution in [2.45, 2.75) is 0 Å². The average molecular weight is 309 g/mol. The van der Waals surface area contributed by atoms with E-state index in [0.29, 0.717) is 22.0 Å². The topological polar surface area (TPSA) is 64.2 Å². The fraction of sp³-hybridized carbons (Fsp3) is 0.154. The molecule has 1 aromatic carbocycles. The molecule has 0 spiro atoms. The number of benzene rings is 1. The number of hydrogen-bond acceptors (Lipinski definition) is 3. The van der Waals surface area contributed by atoms with E-state index in [9.17, 15) is 4.79 Å². The minimum atomic E-state index is -0.178. The summed E-state index contributed by atoms with van der Waals surface area (Å²) in [4.78, 5) is 13.5. The lowest BCUT2D eigenvalue weighted by atomic mass is 10.2. The highest BCUT2D eigenvalue weighted by Crippen LogP contribution is 2.23. The van der Waals surface area contributed by atoms with Gasteiger partial charge < -0.3 is 10.6 Å². The van der Waals surface area contributed by atoms with Crippen LogP contribution in [0, 0.1) is 0 Å². The van der Waals surface area contributed by atoms with Crippen LogP contribution in [0.3, 0.4) is 0 Å². The molecule has 0 unspecified atom stereocenters. The van der Waals surface area contributed by atoms with E-state index in [-0.39, 0.29) is 10.9 Å². The van der Waals surface area contributed by atoms with Crippen LogP contribution < -0.4 is 5.73 Å².